The van der Waals surface area contributed by atoms with E-state index >= 15 is 0 Å². The molecule has 6 nitrogen and oxygen atoms in total. The van der Waals surface area contributed by atoms with Crippen molar-refractivity contribution >= 4 is 44.9 Å². The molecule has 0 radical (unpaired) electrons. The van der Waals surface area contributed by atoms with Crippen LogP contribution in [0.25, 0.3) is 0 Å². The number of aromatic carboxylic acids is 1. The predicted molar refractivity (Wildman–Crippen MR) is 75.7 cm³/mol. The Bertz CT molecular complexity index is 659. The van der Waals surface area contributed by atoms with E-state index in [2.05, 4.69) is 4.72 Å². The maximum absolute atomic E-state index is 11.9. The number of nitriles is 1. The zero-order valence-corrected chi connectivity index (χ0v) is 12.6. The molecule has 9 heteroatoms. The minimum absolute atomic E-state index is 0.0915. The van der Waals surface area contributed by atoms with Crippen molar-refractivity contribution in [2.45, 2.75) is 18.6 Å². The molecule has 0 aromatic heterocycles. The van der Waals surface area contributed by atoms with Crippen LogP contribution in [0, 0.1) is 11.3 Å². The van der Waals surface area contributed by atoms with Gasteiger partial charge in [0.25, 0.3) is 0 Å². The molecule has 0 bridgehead atoms. The summed E-state index contributed by atoms with van der Waals surface area (Å²) in [6.45, 7) is 1.55. The largest absolute Gasteiger partial charge is 0.478 e. The van der Waals surface area contributed by atoms with Crippen molar-refractivity contribution in [3.63, 3.8) is 0 Å². The van der Waals surface area contributed by atoms with Crippen LogP contribution in [0.2, 0.25) is 10.0 Å². The zero-order valence-electron chi connectivity index (χ0n) is 10.2. The fourth-order valence-corrected chi connectivity index (χ4v) is 3.31. The van der Waals surface area contributed by atoms with E-state index in [9.17, 15) is 13.2 Å². The van der Waals surface area contributed by atoms with Crippen LogP contribution in [0.5, 0.6) is 0 Å². The van der Waals surface area contributed by atoms with Gasteiger partial charge in [0.05, 0.1) is 27.4 Å². The van der Waals surface area contributed by atoms with Crippen molar-refractivity contribution in [2.24, 2.45) is 0 Å². The normalized spacial score (nSPS) is 12.5. The Hall–Kier alpha value is -1.49. The Morgan fingerprint density at radius 2 is 1.95 bits per heavy atom. The summed E-state index contributed by atoms with van der Waals surface area (Å²) < 4.78 is 26.0. The van der Waals surface area contributed by atoms with Crippen LogP contribution in [0.4, 0.5) is 5.69 Å². The highest BCUT2D eigenvalue weighted by Gasteiger charge is 2.25. The van der Waals surface area contributed by atoms with Gasteiger partial charge in [-0.1, -0.05) is 30.1 Å². The van der Waals surface area contributed by atoms with Gasteiger partial charge in [0.15, 0.2) is 5.25 Å². The number of carbonyl (C=O) groups is 1. The molecule has 0 aliphatic rings. The summed E-state index contributed by atoms with van der Waals surface area (Å²) in [5.41, 5.74) is -0.317. The monoisotopic (exact) mass is 336 g/mol. The lowest BCUT2D eigenvalue weighted by Crippen LogP contribution is -2.26. The molecule has 0 fully saturated rings. The maximum atomic E-state index is 11.9. The third-order valence-corrected chi connectivity index (χ3v) is 4.70. The number of anilines is 1. The lowest BCUT2D eigenvalue weighted by molar-refractivity contribution is 0.0697. The molecule has 0 amide bonds. The molecular weight excluding hydrogens is 327 g/mol. The van der Waals surface area contributed by atoms with Gasteiger partial charge in [-0.2, -0.15) is 5.26 Å². The van der Waals surface area contributed by atoms with Gasteiger partial charge in [-0.3, -0.25) is 4.72 Å². The van der Waals surface area contributed by atoms with E-state index in [0.29, 0.717) is 0 Å². The SMILES string of the molecule is CCC(C#N)S(=O)(=O)Nc1c(Cl)cc(C(=O)O)cc1Cl. The highest BCUT2D eigenvalue weighted by atomic mass is 35.5. The minimum Gasteiger partial charge on any atom is -0.478 e. The first-order valence-electron chi connectivity index (χ1n) is 5.36. The zero-order chi connectivity index (χ0) is 15.5. The highest BCUT2D eigenvalue weighted by molar-refractivity contribution is 7.93. The summed E-state index contributed by atoms with van der Waals surface area (Å²) in [5, 5.41) is 16.0. The summed E-state index contributed by atoms with van der Waals surface area (Å²) in [6, 6.07) is 3.79. The van der Waals surface area contributed by atoms with Crippen LogP contribution in [0.3, 0.4) is 0 Å². The van der Waals surface area contributed by atoms with Crippen molar-refractivity contribution in [1.82, 2.24) is 0 Å². The van der Waals surface area contributed by atoms with Gasteiger partial charge in [0.1, 0.15) is 0 Å². The molecule has 0 aliphatic heterocycles. The molecule has 1 atom stereocenters. The number of benzene rings is 1. The molecule has 0 aliphatic carbocycles. The quantitative estimate of drug-likeness (QED) is 0.859. The number of carboxylic acid groups (broad SMARTS) is 1. The summed E-state index contributed by atoms with van der Waals surface area (Å²) in [4.78, 5) is 10.8. The third-order valence-electron chi connectivity index (χ3n) is 2.42. The summed E-state index contributed by atoms with van der Waals surface area (Å²) >= 11 is 11.6. The number of sulfonamides is 1. The molecule has 0 saturated carbocycles. The summed E-state index contributed by atoms with van der Waals surface area (Å²) in [6.07, 6.45) is 0.0915. The Balaban J connectivity index is 3.24. The Morgan fingerprint density at radius 3 is 2.30 bits per heavy atom. The van der Waals surface area contributed by atoms with Crippen LogP contribution in [0.1, 0.15) is 23.7 Å². The van der Waals surface area contributed by atoms with Crippen molar-refractivity contribution in [3.05, 3.63) is 27.7 Å². The van der Waals surface area contributed by atoms with Gasteiger partial charge in [0.2, 0.25) is 10.0 Å². The van der Waals surface area contributed by atoms with Gasteiger partial charge in [-0.25, -0.2) is 13.2 Å². The van der Waals surface area contributed by atoms with Gasteiger partial charge < -0.3 is 5.11 Å². The molecule has 0 spiro atoms. The van der Waals surface area contributed by atoms with Gasteiger partial charge in [-0.05, 0) is 18.6 Å². The minimum atomic E-state index is -3.98. The summed E-state index contributed by atoms with van der Waals surface area (Å²) in [5.74, 6) is -1.24. The molecular formula is C11H10Cl2N2O4S. The van der Waals surface area contributed by atoms with Gasteiger partial charge in [-0.15, -0.1) is 0 Å². The van der Waals surface area contributed by atoms with Crippen LogP contribution in [0.15, 0.2) is 12.1 Å². The molecule has 2 N–H and O–H groups in total. The number of hydrogen-bond donors (Lipinski definition) is 2. The highest BCUT2D eigenvalue weighted by Crippen LogP contribution is 2.33. The first-order valence-corrected chi connectivity index (χ1v) is 7.66. The van der Waals surface area contributed by atoms with Crippen LogP contribution < -0.4 is 4.72 Å². The first-order chi connectivity index (χ1) is 9.22. The lowest BCUT2D eigenvalue weighted by Gasteiger charge is -2.14. The van der Waals surface area contributed by atoms with Crippen molar-refractivity contribution in [2.75, 3.05) is 4.72 Å². The molecule has 0 saturated heterocycles. The van der Waals surface area contributed by atoms with E-state index in [0.717, 1.165) is 12.1 Å². The molecule has 1 aromatic carbocycles. The van der Waals surface area contributed by atoms with E-state index in [1.807, 2.05) is 0 Å². The van der Waals surface area contributed by atoms with Crippen LogP contribution in [-0.2, 0) is 10.0 Å². The van der Waals surface area contributed by atoms with E-state index in [4.69, 9.17) is 33.6 Å². The molecule has 0 heterocycles. The molecule has 108 valence electrons. The Labute approximate surface area is 126 Å². The van der Waals surface area contributed by atoms with E-state index in [-0.39, 0.29) is 27.7 Å². The maximum Gasteiger partial charge on any atom is 0.335 e. The topological polar surface area (TPSA) is 107 Å². The lowest BCUT2D eigenvalue weighted by atomic mass is 10.2. The van der Waals surface area contributed by atoms with E-state index in [1.165, 1.54) is 0 Å². The number of nitrogens with zero attached hydrogens (tertiary/aromatic N) is 1. The second kappa shape index (κ2) is 6.31. The molecule has 1 aromatic rings. The van der Waals surface area contributed by atoms with E-state index < -0.39 is 21.2 Å². The smallest absolute Gasteiger partial charge is 0.335 e. The standard InChI is InChI=1S/C11H10Cl2N2O4S/c1-2-7(5-14)20(18,19)15-10-8(12)3-6(11(16)17)4-9(10)13/h3-4,7,15H,2H2,1H3,(H,16,17). The van der Waals surface area contributed by atoms with E-state index in [1.54, 1.807) is 13.0 Å². The molecule has 1 rings (SSSR count). The Morgan fingerprint density at radius 1 is 1.45 bits per heavy atom. The average Bonchev–Trinajstić information content (AvgIpc) is 2.34. The molecule has 20 heavy (non-hydrogen) atoms. The Kier molecular flexibility index (Phi) is 5.22. The van der Waals surface area contributed by atoms with Crippen molar-refractivity contribution < 1.29 is 18.3 Å². The first kappa shape index (κ1) is 16.6. The second-order valence-corrected chi connectivity index (χ2v) is 6.47. The number of nitrogens with one attached hydrogen (secondary N) is 1. The molecule has 1 unspecified atom stereocenters. The number of carboxylic acids is 1. The fraction of sp³-hybridized carbons (Fsp3) is 0.273. The number of hydrogen-bond acceptors (Lipinski definition) is 4. The number of halogens is 2. The third kappa shape index (κ3) is 3.54. The average molecular weight is 337 g/mol. The van der Waals surface area contributed by atoms with Gasteiger partial charge in [0, 0.05) is 0 Å². The van der Waals surface area contributed by atoms with Crippen molar-refractivity contribution in [3.8, 4) is 6.07 Å². The number of rotatable bonds is 5. The van der Waals surface area contributed by atoms with Crippen LogP contribution in [-0.4, -0.2) is 24.7 Å². The fourth-order valence-electron chi connectivity index (χ4n) is 1.39. The summed E-state index contributed by atoms with van der Waals surface area (Å²) in [7, 11) is -3.98. The predicted octanol–water partition coefficient (Wildman–Crippen LogP) is 2.74. The second-order valence-electron chi connectivity index (χ2n) is 3.79. The van der Waals surface area contributed by atoms with Crippen LogP contribution >= 0.6 is 23.2 Å². The van der Waals surface area contributed by atoms with Crippen molar-refractivity contribution in [1.29, 1.82) is 5.26 Å². The van der Waals surface area contributed by atoms with Gasteiger partial charge >= 0.3 is 5.97 Å².